The molecule has 3 aromatic carbocycles. The van der Waals surface area contributed by atoms with Crippen LogP contribution in [0.2, 0.25) is 0 Å². The van der Waals surface area contributed by atoms with Crippen molar-refractivity contribution in [3.63, 3.8) is 0 Å². The minimum absolute atomic E-state index is 0.0386. The molecule has 0 fully saturated rings. The van der Waals surface area contributed by atoms with Gasteiger partial charge in [-0.3, -0.25) is 4.79 Å². The number of amides is 1. The number of anilines is 1. The number of nitrogens with one attached hydrogen (secondary N) is 1. The molecular weight excluding hydrogens is 468 g/mol. The topological polar surface area (TPSA) is 128 Å². The number of nitrogens with zero attached hydrogens (tertiary/aromatic N) is 4. The van der Waals surface area contributed by atoms with Crippen LogP contribution in [0.5, 0.6) is 11.5 Å². The van der Waals surface area contributed by atoms with Crippen LogP contribution >= 0.6 is 0 Å². The van der Waals surface area contributed by atoms with Gasteiger partial charge in [0.05, 0.1) is 23.9 Å². The normalized spacial score (nSPS) is 11.4. The van der Waals surface area contributed by atoms with E-state index in [-0.39, 0.29) is 23.0 Å². The number of carbonyl (C=O) groups excluding carboxylic acids is 1. The van der Waals surface area contributed by atoms with Crippen molar-refractivity contribution in [1.29, 1.82) is 0 Å². The van der Waals surface area contributed by atoms with Crippen LogP contribution in [0.1, 0.15) is 28.4 Å². The van der Waals surface area contributed by atoms with Crippen LogP contribution < -0.4 is 15.8 Å². The van der Waals surface area contributed by atoms with Gasteiger partial charge in [0.15, 0.2) is 17.1 Å². The Balaban J connectivity index is 1.52. The number of nitrogens with two attached hydrogens (primary N) is 1. The van der Waals surface area contributed by atoms with E-state index in [0.29, 0.717) is 53.1 Å². The van der Waals surface area contributed by atoms with Crippen molar-refractivity contribution in [2.45, 2.75) is 13.3 Å². The van der Waals surface area contributed by atoms with Gasteiger partial charge in [0.2, 0.25) is 0 Å². The summed E-state index contributed by atoms with van der Waals surface area (Å²) in [4.78, 5) is 22.7. The lowest BCUT2D eigenvalue weighted by atomic mass is 10.1. The van der Waals surface area contributed by atoms with E-state index in [9.17, 15) is 9.90 Å². The lowest BCUT2D eigenvalue weighted by Crippen LogP contribution is -2.26. The molecule has 2 heterocycles. The van der Waals surface area contributed by atoms with Gasteiger partial charge in [-0.25, -0.2) is 9.97 Å². The fourth-order valence-electron chi connectivity index (χ4n) is 4.05. The SMILES string of the molecule is CCOc1cc(/C=N\n2c(N)c(C(=O)NCCc3ccccc3)c3nc4ccccc4nc32)ccc1O. The van der Waals surface area contributed by atoms with Crippen LogP contribution in [0, 0.1) is 0 Å². The van der Waals surface area contributed by atoms with E-state index in [0.717, 1.165) is 5.56 Å². The molecule has 4 N–H and O–H groups in total. The van der Waals surface area contributed by atoms with Crippen LogP contribution in [0.4, 0.5) is 5.82 Å². The number of aromatic hydroxyl groups is 1. The zero-order chi connectivity index (χ0) is 25.8. The Morgan fingerprint density at radius 2 is 1.81 bits per heavy atom. The summed E-state index contributed by atoms with van der Waals surface area (Å²) < 4.78 is 6.87. The van der Waals surface area contributed by atoms with Crippen molar-refractivity contribution in [3.8, 4) is 11.5 Å². The average molecular weight is 495 g/mol. The van der Waals surface area contributed by atoms with E-state index >= 15 is 0 Å². The summed E-state index contributed by atoms with van der Waals surface area (Å²) in [7, 11) is 0. The van der Waals surface area contributed by atoms with Crippen molar-refractivity contribution in [2.75, 3.05) is 18.9 Å². The number of phenolic OH excluding ortho intramolecular Hbond substituents is 1. The molecule has 0 bridgehead atoms. The van der Waals surface area contributed by atoms with E-state index in [2.05, 4.69) is 10.4 Å². The third-order valence-corrected chi connectivity index (χ3v) is 5.85. The number of hydrogen-bond donors (Lipinski definition) is 3. The zero-order valence-electron chi connectivity index (χ0n) is 20.3. The van der Waals surface area contributed by atoms with Gasteiger partial charge in [0.1, 0.15) is 16.9 Å². The maximum atomic E-state index is 13.3. The summed E-state index contributed by atoms with van der Waals surface area (Å²) in [6.45, 7) is 2.68. The molecule has 5 aromatic rings. The number of hydrogen-bond acceptors (Lipinski definition) is 7. The van der Waals surface area contributed by atoms with Gasteiger partial charge < -0.3 is 20.9 Å². The second kappa shape index (κ2) is 10.4. The minimum atomic E-state index is -0.347. The number of para-hydroxylation sites is 2. The number of phenols is 1. The van der Waals surface area contributed by atoms with Crippen molar-refractivity contribution in [1.82, 2.24) is 20.0 Å². The number of aromatic nitrogens is 3. The van der Waals surface area contributed by atoms with Gasteiger partial charge in [0.25, 0.3) is 5.91 Å². The third kappa shape index (κ3) is 4.92. The summed E-state index contributed by atoms with van der Waals surface area (Å²) in [5, 5.41) is 17.5. The first-order chi connectivity index (χ1) is 18.0. The summed E-state index contributed by atoms with van der Waals surface area (Å²) >= 11 is 0. The van der Waals surface area contributed by atoms with Gasteiger partial charge in [-0.05, 0) is 54.8 Å². The van der Waals surface area contributed by atoms with Crippen LogP contribution in [0.25, 0.3) is 22.2 Å². The molecule has 1 amide bonds. The lowest BCUT2D eigenvalue weighted by molar-refractivity contribution is 0.0956. The number of benzene rings is 3. The largest absolute Gasteiger partial charge is 0.504 e. The number of nitrogen functional groups attached to an aromatic ring is 1. The molecular formula is C28H26N6O3. The Kier molecular flexibility index (Phi) is 6.67. The first-order valence-electron chi connectivity index (χ1n) is 11.9. The van der Waals surface area contributed by atoms with E-state index in [1.165, 1.54) is 10.7 Å². The Hall–Kier alpha value is -4.92. The van der Waals surface area contributed by atoms with Crippen LogP contribution in [-0.2, 0) is 6.42 Å². The van der Waals surface area contributed by atoms with Crippen molar-refractivity contribution in [3.05, 3.63) is 89.5 Å². The highest BCUT2D eigenvalue weighted by Gasteiger charge is 2.24. The first-order valence-corrected chi connectivity index (χ1v) is 11.9. The number of carbonyl (C=O) groups is 1. The Labute approximate surface area is 213 Å². The van der Waals surface area contributed by atoms with E-state index in [1.54, 1.807) is 18.3 Å². The highest BCUT2D eigenvalue weighted by atomic mass is 16.5. The number of rotatable bonds is 8. The van der Waals surface area contributed by atoms with Gasteiger partial charge in [-0.15, -0.1) is 0 Å². The first kappa shape index (κ1) is 23.8. The minimum Gasteiger partial charge on any atom is -0.504 e. The van der Waals surface area contributed by atoms with Crippen molar-refractivity contribution < 1.29 is 14.6 Å². The molecule has 0 aliphatic rings. The fraction of sp³-hybridized carbons (Fsp3) is 0.143. The molecule has 0 saturated carbocycles. The molecule has 9 nitrogen and oxygen atoms in total. The van der Waals surface area contributed by atoms with Crippen LogP contribution in [0.3, 0.4) is 0 Å². The molecule has 0 saturated heterocycles. The molecule has 5 rings (SSSR count). The zero-order valence-corrected chi connectivity index (χ0v) is 20.3. The van der Waals surface area contributed by atoms with E-state index < -0.39 is 0 Å². The number of fused-ring (bicyclic) bond motifs is 2. The number of ether oxygens (including phenoxy) is 1. The van der Waals surface area contributed by atoms with Crippen LogP contribution in [-0.4, -0.2) is 45.0 Å². The monoisotopic (exact) mass is 494 g/mol. The van der Waals surface area contributed by atoms with Gasteiger partial charge in [0, 0.05) is 6.54 Å². The highest BCUT2D eigenvalue weighted by molar-refractivity contribution is 6.10. The Morgan fingerprint density at radius 3 is 2.57 bits per heavy atom. The standard InChI is InChI=1S/C28H26N6O3/c1-2-37-23-16-19(12-13-22(23)35)17-31-34-26(29)24(28(36)30-15-14-18-8-4-3-5-9-18)25-27(34)33-21-11-7-6-10-20(21)32-25/h3-13,16-17,35H,2,14-15,29H2,1H3,(H,30,36)/b31-17-. The molecule has 2 aromatic heterocycles. The molecule has 0 aliphatic heterocycles. The second-order valence-corrected chi connectivity index (χ2v) is 8.35. The predicted molar refractivity (Wildman–Crippen MR) is 144 cm³/mol. The summed E-state index contributed by atoms with van der Waals surface area (Å²) in [6.07, 6.45) is 2.24. The molecule has 186 valence electrons. The van der Waals surface area contributed by atoms with Gasteiger partial charge in [-0.1, -0.05) is 42.5 Å². The summed E-state index contributed by atoms with van der Waals surface area (Å²) in [5.74, 6) is 0.167. The molecule has 37 heavy (non-hydrogen) atoms. The average Bonchev–Trinajstić information content (AvgIpc) is 3.18. The Bertz CT molecular complexity index is 1610. The van der Waals surface area contributed by atoms with Gasteiger partial charge in [-0.2, -0.15) is 9.78 Å². The molecule has 0 radical (unpaired) electrons. The van der Waals surface area contributed by atoms with Crippen molar-refractivity contribution >= 4 is 40.1 Å². The van der Waals surface area contributed by atoms with Gasteiger partial charge >= 0.3 is 0 Å². The second-order valence-electron chi connectivity index (χ2n) is 8.35. The predicted octanol–water partition coefficient (Wildman–Crippen LogP) is 4.13. The highest BCUT2D eigenvalue weighted by Crippen LogP contribution is 2.29. The summed E-state index contributed by atoms with van der Waals surface area (Å²) in [6, 6.07) is 22.2. The lowest BCUT2D eigenvalue weighted by Gasteiger charge is -2.06. The fourth-order valence-corrected chi connectivity index (χ4v) is 4.05. The summed E-state index contributed by atoms with van der Waals surface area (Å²) in [5.41, 5.74) is 10.5. The molecule has 9 heteroatoms. The molecule has 0 unspecified atom stereocenters. The van der Waals surface area contributed by atoms with E-state index in [4.69, 9.17) is 20.4 Å². The quantitative estimate of drug-likeness (QED) is 0.278. The smallest absolute Gasteiger partial charge is 0.257 e. The maximum absolute atomic E-state index is 13.3. The van der Waals surface area contributed by atoms with E-state index in [1.807, 2.05) is 61.5 Å². The Morgan fingerprint density at radius 1 is 1.08 bits per heavy atom. The molecule has 0 atom stereocenters. The molecule has 0 spiro atoms. The van der Waals surface area contributed by atoms with Crippen molar-refractivity contribution in [2.24, 2.45) is 5.10 Å². The van der Waals surface area contributed by atoms with Crippen LogP contribution in [0.15, 0.2) is 77.9 Å². The maximum Gasteiger partial charge on any atom is 0.257 e. The third-order valence-electron chi connectivity index (χ3n) is 5.85. The molecule has 0 aliphatic carbocycles.